The average molecular weight is 270 g/mol. The number of nitrogens with two attached hydrogens (primary N) is 1. The van der Waals surface area contributed by atoms with Gasteiger partial charge < -0.3 is 16.2 Å². The van der Waals surface area contributed by atoms with Crippen molar-refractivity contribution in [2.45, 2.75) is 6.42 Å². The summed E-state index contributed by atoms with van der Waals surface area (Å²) in [6, 6.07) is 13.3. The molecule has 1 amide bonds. The lowest BCUT2D eigenvalue weighted by atomic mass is 10.0. The first-order valence-electron chi connectivity index (χ1n) is 6.03. The van der Waals surface area contributed by atoms with E-state index in [1.807, 2.05) is 0 Å². The molecule has 0 radical (unpaired) electrons. The van der Waals surface area contributed by atoms with Crippen molar-refractivity contribution < 1.29 is 14.7 Å². The van der Waals surface area contributed by atoms with E-state index in [2.05, 4.69) is 5.32 Å². The average Bonchev–Trinajstić information content (AvgIpc) is 2.41. The molecule has 0 bridgehead atoms. The zero-order chi connectivity index (χ0) is 14.5. The van der Waals surface area contributed by atoms with Crippen molar-refractivity contribution in [1.29, 1.82) is 0 Å². The van der Waals surface area contributed by atoms with Gasteiger partial charge in [-0.3, -0.25) is 4.79 Å². The fraction of sp³-hybridized carbons (Fsp3) is 0.0667. The van der Waals surface area contributed by atoms with Crippen LogP contribution in [0.15, 0.2) is 48.5 Å². The molecule has 0 fully saturated rings. The summed E-state index contributed by atoms with van der Waals surface area (Å²) in [5, 5.41) is 11.7. The molecule has 5 heteroatoms. The second-order valence-corrected chi connectivity index (χ2v) is 4.27. The van der Waals surface area contributed by atoms with E-state index in [-0.39, 0.29) is 17.9 Å². The number of carboxylic acid groups (broad SMARTS) is 1. The van der Waals surface area contributed by atoms with Gasteiger partial charge in [-0.15, -0.1) is 0 Å². The Morgan fingerprint density at radius 3 is 2.40 bits per heavy atom. The third kappa shape index (κ3) is 3.14. The highest BCUT2D eigenvalue weighted by Gasteiger charge is 2.13. The number of nitrogen functional groups attached to an aromatic ring is 1. The quantitative estimate of drug-likeness (QED) is 0.742. The Hall–Kier alpha value is -2.82. The van der Waals surface area contributed by atoms with Gasteiger partial charge in [0.2, 0.25) is 5.91 Å². The van der Waals surface area contributed by atoms with E-state index in [9.17, 15) is 9.59 Å². The largest absolute Gasteiger partial charge is 0.478 e. The molecule has 0 saturated carbocycles. The summed E-state index contributed by atoms with van der Waals surface area (Å²) in [6.45, 7) is 0. The van der Waals surface area contributed by atoms with Crippen LogP contribution in [0.5, 0.6) is 0 Å². The normalized spacial score (nSPS) is 10.0. The van der Waals surface area contributed by atoms with E-state index in [1.165, 1.54) is 6.07 Å². The molecule has 2 rings (SSSR count). The Morgan fingerprint density at radius 2 is 1.70 bits per heavy atom. The summed E-state index contributed by atoms with van der Waals surface area (Å²) in [5.74, 6) is -1.36. The number of para-hydroxylation sites is 2. The monoisotopic (exact) mass is 270 g/mol. The number of aromatic carboxylic acids is 1. The lowest BCUT2D eigenvalue weighted by Crippen LogP contribution is -2.17. The molecule has 4 N–H and O–H groups in total. The zero-order valence-corrected chi connectivity index (χ0v) is 10.7. The van der Waals surface area contributed by atoms with Crippen LogP contribution in [0, 0.1) is 0 Å². The number of anilines is 2. The smallest absolute Gasteiger partial charge is 0.335 e. The number of hydrogen-bond donors (Lipinski definition) is 3. The van der Waals surface area contributed by atoms with Crippen LogP contribution in [-0.2, 0) is 11.2 Å². The summed E-state index contributed by atoms with van der Waals surface area (Å²) in [5.41, 5.74) is 7.31. The molecule has 0 unspecified atom stereocenters. The number of hydrogen-bond acceptors (Lipinski definition) is 3. The number of benzene rings is 2. The Balaban J connectivity index is 2.13. The van der Waals surface area contributed by atoms with Crippen LogP contribution in [0.3, 0.4) is 0 Å². The van der Waals surface area contributed by atoms with Crippen LogP contribution < -0.4 is 11.1 Å². The molecular formula is C15H14N2O3. The summed E-state index contributed by atoms with van der Waals surface area (Å²) in [4.78, 5) is 23.0. The van der Waals surface area contributed by atoms with Crippen molar-refractivity contribution >= 4 is 23.3 Å². The summed E-state index contributed by atoms with van der Waals surface area (Å²) in [7, 11) is 0. The molecule has 20 heavy (non-hydrogen) atoms. The van der Waals surface area contributed by atoms with Gasteiger partial charge in [-0.2, -0.15) is 0 Å². The van der Waals surface area contributed by atoms with Crippen LogP contribution in [0.1, 0.15) is 15.9 Å². The van der Waals surface area contributed by atoms with E-state index in [0.717, 1.165) is 0 Å². The van der Waals surface area contributed by atoms with Gasteiger partial charge in [0.15, 0.2) is 0 Å². The Morgan fingerprint density at radius 1 is 1.05 bits per heavy atom. The molecule has 2 aromatic rings. The predicted molar refractivity (Wildman–Crippen MR) is 76.6 cm³/mol. The van der Waals surface area contributed by atoms with E-state index >= 15 is 0 Å². The maximum absolute atomic E-state index is 11.9. The first kappa shape index (κ1) is 13.6. The van der Waals surface area contributed by atoms with Crippen molar-refractivity contribution in [2.24, 2.45) is 0 Å². The van der Waals surface area contributed by atoms with Gasteiger partial charge in [-0.25, -0.2) is 4.79 Å². The molecule has 5 nitrogen and oxygen atoms in total. The minimum absolute atomic E-state index is 0.0171. The Kier molecular flexibility index (Phi) is 4.00. The lowest BCUT2D eigenvalue weighted by Gasteiger charge is -2.09. The number of carboxylic acids is 1. The molecule has 0 saturated heterocycles. The maximum atomic E-state index is 11.9. The van der Waals surface area contributed by atoms with Gasteiger partial charge in [0.05, 0.1) is 23.4 Å². The van der Waals surface area contributed by atoms with Gasteiger partial charge in [0.1, 0.15) is 0 Å². The zero-order valence-electron chi connectivity index (χ0n) is 10.7. The molecule has 0 aliphatic heterocycles. The van der Waals surface area contributed by atoms with Gasteiger partial charge in [0, 0.05) is 0 Å². The lowest BCUT2D eigenvalue weighted by molar-refractivity contribution is -0.115. The fourth-order valence-corrected chi connectivity index (χ4v) is 1.86. The van der Waals surface area contributed by atoms with Gasteiger partial charge in [-0.1, -0.05) is 30.3 Å². The second kappa shape index (κ2) is 5.88. The highest BCUT2D eigenvalue weighted by molar-refractivity contribution is 5.97. The first-order valence-corrected chi connectivity index (χ1v) is 6.03. The number of rotatable bonds is 4. The molecule has 2 aromatic carbocycles. The third-order valence-corrected chi connectivity index (χ3v) is 2.83. The number of amides is 1. The fourth-order valence-electron chi connectivity index (χ4n) is 1.86. The summed E-state index contributed by atoms with van der Waals surface area (Å²) < 4.78 is 0. The first-order chi connectivity index (χ1) is 9.58. The van der Waals surface area contributed by atoms with E-state index in [0.29, 0.717) is 16.9 Å². The molecule has 102 valence electrons. The van der Waals surface area contributed by atoms with Gasteiger partial charge >= 0.3 is 5.97 Å². The number of carbonyl (C=O) groups is 2. The van der Waals surface area contributed by atoms with Gasteiger partial charge in [0.25, 0.3) is 0 Å². The Labute approximate surface area is 116 Å². The predicted octanol–water partition coefficient (Wildman–Crippen LogP) is 2.15. The van der Waals surface area contributed by atoms with Crippen LogP contribution >= 0.6 is 0 Å². The van der Waals surface area contributed by atoms with Crippen molar-refractivity contribution in [3.8, 4) is 0 Å². The van der Waals surface area contributed by atoms with Crippen LogP contribution in [-0.4, -0.2) is 17.0 Å². The maximum Gasteiger partial charge on any atom is 0.335 e. The number of nitrogens with one attached hydrogen (secondary N) is 1. The highest BCUT2D eigenvalue weighted by Crippen LogP contribution is 2.17. The van der Waals surface area contributed by atoms with Crippen LogP contribution in [0.2, 0.25) is 0 Å². The highest BCUT2D eigenvalue weighted by atomic mass is 16.4. The molecule has 0 aliphatic rings. The molecule has 0 atom stereocenters. The van der Waals surface area contributed by atoms with Crippen LogP contribution in [0.4, 0.5) is 11.4 Å². The Bertz CT molecular complexity index is 653. The summed E-state index contributed by atoms with van der Waals surface area (Å²) in [6.07, 6.45) is -0.0171. The topological polar surface area (TPSA) is 92.4 Å². The molecule has 0 spiro atoms. The van der Waals surface area contributed by atoms with Crippen molar-refractivity contribution in [2.75, 3.05) is 11.1 Å². The molecular weight excluding hydrogens is 256 g/mol. The van der Waals surface area contributed by atoms with E-state index in [1.54, 1.807) is 42.5 Å². The molecule has 0 aliphatic carbocycles. The van der Waals surface area contributed by atoms with Gasteiger partial charge in [-0.05, 0) is 23.8 Å². The van der Waals surface area contributed by atoms with E-state index < -0.39 is 5.97 Å². The summed E-state index contributed by atoms with van der Waals surface area (Å²) >= 11 is 0. The molecule has 0 aromatic heterocycles. The number of carbonyl (C=O) groups excluding carboxylic acids is 1. The molecule has 0 heterocycles. The SMILES string of the molecule is Nc1ccccc1NC(=O)Cc1ccccc1C(=O)O. The van der Waals surface area contributed by atoms with E-state index in [4.69, 9.17) is 10.8 Å². The second-order valence-electron chi connectivity index (χ2n) is 4.27. The van der Waals surface area contributed by atoms with Crippen molar-refractivity contribution in [3.63, 3.8) is 0 Å². The minimum Gasteiger partial charge on any atom is -0.478 e. The third-order valence-electron chi connectivity index (χ3n) is 2.83. The van der Waals surface area contributed by atoms with Crippen LogP contribution in [0.25, 0.3) is 0 Å². The minimum atomic E-state index is -1.05. The standard InChI is InChI=1S/C15H14N2O3/c16-12-7-3-4-8-13(12)17-14(18)9-10-5-1-2-6-11(10)15(19)20/h1-8H,9,16H2,(H,17,18)(H,19,20). The van der Waals surface area contributed by atoms with Crippen molar-refractivity contribution in [3.05, 3.63) is 59.7 Å². The van der Waals surface area contributed by atoms with Crippen molar-refractivity contribution in [1.82, 2.24) is 0 Å².